The molecular weight excluding hydrogens is 370 g/mol. The van der Waals surface area contributed by atoms with E-state index in [1.807, 2.05) is 68.2 Å². The fraction of sp³-hybridized carbons (Fsp3) is 0.238. The number of aromatic nitrogens is 3. The molecule has 1 amide bonds. The first-order valence-corrected chi connectivity index (χ1v) is 10.0. The quantitative estimate of drug-likeness (QED) is 0.580. The smallest absolute Gasteiger partial charge is 0.326 e. The number of allylic oxidation sites excluding steroid dienone is 3. The van der Waals surface area contributed by atoms with E-state index in [0.717, 1.165) is 28.8 Å². The van der Waals surface area contributed by atoms with Crippen LogP contribution in [0.5, 0.6) is 0 Å². The minimum absolute atomic E-state index is 0.0201. The van der Waals surface area contributed by atoms with Gasteiger partial charge in [-0.05, 0) is 48.0 Å². The van der Waals surface area contributed by atoms with Crippen LogP contribution in [0.3, 0.4) is 0 Å². The number of pyridine rings is 1. The van der Waals surface area contributed by atoms with Crippen molar-refractivity contribution in [3.05, 3.63) is 64.1 Å². The zero-order chi connectivity index (χ0) is 19.7. The number of amidine groups is 1. The maximum Gasteiger partial charge on any atom is 0.326 e. The number of thioether (sulfide) groups is 1. The molecule has 1 saturated heterocycles. The van der Waals surface area contributed by atoms with Gasteiger partial charge in [-0.1, -0.05) is 18.2 Å². The number of hydrogen-bond donors (Lipinski definition) is 0. The summed E-state index contributed by atoms with van der Waals surface area (Å²) in [5.41, 5.74) is 1.91. The fourth-order valence-corrected chi connectivity index (χ4v) is 4.19. The second kappa shape index (κ2) is 7.59. The summed E-state index contributed by atoms with van der Waals surface area (Å²) in [6.45, 7) is 2.54. The molecule has 0 atom stereocenters. The lowest BCUT2D eigenvalue weighted by molar-refractivity contribution is -0.658. The van der Waals surface area contributed by atoms with Gasteiger partial charge in [0.1, 0.15) is 5.48 Å². The maximum absolute atomic E-state index is 12.8. The Labute approximate surface area is 167 Å². The zero-order valence-corrected chi connectivity index (χ0v) is 17.0. The highest BCUT2D eigenvalue weighted by atomic mass is 32.2. The van der Waals surface area contributed by atoms with Crippen LogP contribution in [-0.2, 0) is 25.3 Å². The van der Waals surface area contributed by atoms with Crippen LogP contribution in [-0.4, -0.2) is 32.1 Å². The molecular formula is C21H22N5OS+. The molecule has 6 nitrogen and oxygen atoms in total. The molecule has 28 heavy (non-hydrogen) atoms. The van der Waals surface area contributed by atoms with Gasteiger partial charge in [0.2, 0.25) is 0 Å². The number of nitrogens with zero attached hydrogens (tertiary/aromatic N) is 5. The molecule has 2 aromatic rings. The minimum atomic E-state index is -0.0201. The van der Waals surface area contributed by atoms with Gasteiger partial charge in [-0.25, -0.2) is 9.55 Å². The number of fused-ring (bicyclic) bond motifs is 1. The molecule has 2 aromatic heterocycles. The van der Waals surface area contributed by atoms with E-state index in [9.17, 15) is 4.79 Å². The van der Waals surface area contributed by atoms with Crippen molar-refractivity contribution < 1.29 is 9.36 Å². The highest BCUT2D eigenvalue weighted by molar-refractivity contribution is 8.18. The van der Waals surface area contributed by atoms with Gasteiger partial charge in [0.15, 0.2) is 0 Å². The number of hydrogen-bond acceptors (Lipinski definition) is 4. The van der Waals surface area contributed by atoms with Crippen molar-refractivity contribution in [1.82, 2.24) is 14.5 Å². The molecule has 0 bridgehead atoms. The average Bonchev–Trinajstić information content (AvgIpc) is 3.18. The van der Waals surface area contributed by atoms with E-state index in [1.54, 1.807) is 4.90 Å². The molecule has 1 aliphatic carbocycles. The third-order valence-corrected chi connectivity index (χ3v) is 5.80. The Morgan fingerprint density at radius 1 is 1.36 bits per heavy atom. The number of aliphatic imine (C=N–C) groups is 1. The predicted molar refractivity (Wildman–Crippen MR) is 112 cm³/mol. The summed E-state index contributed by atoms with van der Waals surface area (Å²) in [6, 6.07) is 5.83. The van der Waals surface area contributed by atoms with Crippen molar-refractivity contribution in [3.8, 4) is 0 Å². The van der Waals surface area contributed by atoms with Crippen LogP contribution in [0, 0.1) is 0 Å². The Morgan fingerprint density at radius 2 is 2.21 bits per heavy atom. The van der Waals surface area contributed by atoms with Crippen molar-refractivity contribution in [2.45, 2.75) is 13.3 Å². The summed E-state index contributed by atoms with van der Waals surface area (Å²) in [7, 11) is 3.94. The largest absolute Gasteiger partial charge is 0.328 e. The predicted octanol–water partition coefficient (Wildman–Crippen LogP) is 1.08. The molecule has 0 radical (unpaired) electrons. The van der Waals surface area contributed by atoms with Crippen molar-refractivity contribution in [1.29, 1.82) is 0 Å². The highest BCUT2D eigenvalue weighted by Crippen LogP contribution is 2.31. The summed E-state index contributed by atoms with van der Waals surface area (Å²) >= 11 is 1.40. The van der Waals surface area contributed by atoms with Gasteiger partial charge in [-0.15, -0.1) is 0 Å². The lowest BCUT2D eigenvalue weighted by Crippen LogP contribution is -2.31. The van der Waals surface area contributed by atoms with E-state index in [0.29, 0.717) is 16.6 Å². The SMILES string of the molecule is CCN1C(=O)/C(=C/C=c2\nc3c(n2C)=CC=CC3)S/C1=N\c1cccc[n+]1C. The minimum Gasteiger partial charge on any atom is -0.328 e. The van der Waals surface area contributed by atoms with Gasteiger partial charge in [0, 0.05) is 26.1 Å². The topological polar surface area (TPSA) is 54.4 Å². The Morgan fingerprint density at radius 3 is 2.96 bits per heavy atom. The van der Waals surface area contributed by atoms with Crippen molar-refractivity contribution in [3.63, 3.8) is 0 Å². The van der Waals surface area contributed by atoms with E-state index in [4.69, 9.17) is 4.99 Å². The number of rotatable bonds is 3. The molecule has 142 valence electrons. The summed E-state index contributed by atoms with van der Waals surface area (Å²) in [5, 5.41) is 1.82. The van der Waals surface area contributed by atoms with Crippen LogP contribution < -0.4 is 15.4 Å². The molecule has 0 unspecified atom stereocenters. The van der Waals surface area contributed by atoms with E-state index in [1.165, 1.54) is 11.8 Å². The third kappa shape index (κ3) is 3.33. The second-order valence-corrected chi connectivity index (χ2v) is 7.58. The number of amides is 1. The Bertz CT molecular complexity index is 1160. The molecule has 1 fully saturated rings. The molecule has 0 spiro atoms. The number of carbonyl (C=O) groups is 1. The average molecular weight is 393 g/mol. The van der Waals surface area contributed by atoms with Crippen LogP contribution in [0.15, 0.2) is 52.5 Å². The molecule has 0 saturated carbocycles. The number of aryl methyl sites for hydroxylation is 1. The molecule has 4 rings (SSSR count). The normalized spacial score (nSPS) is 19.6. The first kappa shape index (κ1) is 18.4. The molecule has 0 N–H and O–H groups in total. The van der Waals surface area contributed by atoms with Crippen molar-refractivity contribution in [2.75, 3.05) is 6.54 Å². The van der Waals surface area contributed by atoms with Crippen LogP contribution in [0.1, 0.15) is 12.6 Å². The second-order valence-electron chi connectivity index (χ2n) is 6.57. The molecule has 2 aliphatic rings. The van der Waals surface area contributed by atoms with Gasteiger partial charge in [0.25, 0.3) is 11.1 Å². The molecule has 0 aromatic carbocycles. The lowest BCUT2D eigenvalue weighted by Gasteiger charge is -2.08. The number of carbonyl (C=O) groups excluding carboxylic acids is 1. The molecule has 3 heterocycles. The van der Waals surface area contributed by atoms with Crippen molar-refractivity contribution >= 4 is 40.8 Å². The zero-order valence-electron chi connectivity index (χ0n) is 16.2. The first-order chi connectivity index (χ1) is 13.6. The summed E-state index contributed by atoms with van der Waals surface area (Å²) in [5.74, 6) is 0.787. The summed E-state index contributed by atoms with van der Waals surface area (Å²) in [6.07, 6.45) is 12.8. The summed E-state index contributed by atoms with van der Waals surface area (Å²) < 4.78 is 3.99. The number of imidazole rings is 1. The van der Waals surface area contributed by atoms with Gasteiger partial charge < -0.3 is 4.57 Å². The van der Waals surface area contributed by atoms with Crippen molar-refractivity contribution in [2.24, 2.45) is 19.1 Å². The molecule has 1 aliphatic heterocycles. The van der Waals surface area contributed by atoms with Gasteiger partial charge in [-0.3, -0.25) is 9.69 Å². The monoisotopic (exact) mass is 392 g/mol. The number of likely N-dealkylation sites (N-methyl/N-ethyl adjacent to an activating group) is 1. The van der Waals surface area contributed by atoms with Crippen LogP contribution in [0.4, 0.5) is 5.82 Å². The standard InChI is InChI=1S/C21H22N5OS/c1-4-26-20(27)17(28-21(26)23-18-11-7-8-14-24(18)2)12-13-19-22-15-9-5-6-10-16(15)25(19)3/h5-8,10-14H,4,9H2,1-3H3/q+1/b17-12-,19-13+. The molecule has 7 heteroatoms. The van der Waals surface area contributed by atoms with E-state index in [2.05, 4.69) is 21.7 Å². The van der Waals surface area contributed by atoms with Crippen LogP contribution >= 0.6 is 11.8 Å². The van der Waals surface area contributed by atoms with E-state index in [-0.39, 0.29) is 5.91 Å². The van der Waals surface area contributed by atoms with E-state index < -0.39 is 0 Å². The highest BCUT2D eigenvalue weighted by Gasteiger charge is 2.35. The lowest BCUT2D eigenvalue weighted by atomic mass is 10.2. The van der Waals surface area contributed by atoms with Gasteiger partial charge >= 0.3 is 5.82 Å². The third-order valence-electron chi connectivity index (χ3n) is 4.78. The van der Waals surface area contributed by atoms with Gasteiger partial charge in [0.05, 0.1) is 29.2 Å². The van der Waals surface area contributed by atoms with Gasteiger partial charge in [-0.2, -0.15) is 0 Å². The first-order valence-electron chi connectivity index (χ1n) is 9.22. The van der Waals surface area contributed by atoms with Crippen LogP contribution in [0.25, 0.3) is 12.2 Å². The van der Waals surface area contributed by atoms with Crippen LogP contribution in [0.2, 0.25) is 0 Å². The Kier molecular flexibility index (Phi) is 5.00. The Balaban J connectivity index is 1.69. The summed E-state index contributed by atoms with van der Waals surface area (Å²) in [4.78, 5) is 24.6. The Hall–Kier alpha value is -2.93. The van der Waals surface area contributed by atoms with E-state index >= 15 is 0 Å². The fourth-order valence-electron chi connectivity index (χ4n) is 3.20. The maximum atomic E-state index is 12.8.